The Kier molecular flexibility index (Phi) is 8.06. The SMILES string of the molecule is c1ccc(Nc2cc(Nc3ccccc3)cc(N(c3ccc(-c4ccccc4)cc3)c3ccc(-c4ccccc4)cc3)c2)cc1. The predicted molar refractivity (Wildman–Crippen MR) is 191 cm³/mol. The lowest BCUT2D eigenvalue weighted by Crippen LogP contribution is -2.11. The minimum Gasteiger partial charge on any atom is -0.355 e. The number of anilines is 7. The molecule has 0 unspecified atom stereocenters. The molecule has 0 aliphatic heterocycles. The quantitative estimate of drug-likeness (QED) is 0.178. The summed E-state index contributed by atoms with van der Waals surface area (Å²) >= 11 is 0. The van der Waals surface area contributed by atoms with Gasteiger partial charge in [0.2, 0.25) is 0 Å². The molecule has 3 nitrogen and oxygen atoms in total. The van der Waals surface area contributed by atoms with E-state index in [1.807, 2.05) is 36.4 Å². The van der Waals surface area contributed by atoms with Gasteiger partial charge in [-0.05, 0) is 89.0 Å². The Balaban J connectivity index is 1.33. The summed E-state index contributed by atoms with van der Waals surface area (Å²) in [4.78, 5) is 2.32. The van der Waals surface area contributed by atoms with Gasteiger partial charge in [0, 0.05) is 34.1 Å². The molecule has 45 heavy (non-hydrogen) atoms. The van der Waals surface area contributed by atoms with E-state index < -0.39 is 0 Å². The Morgan fingerprint density at radius 3 is 0.978 bits per heavy atom. The van der Waals surface area contributed by atoms with Crippen molar-refractivity contribution in [2.24, 2.45) is 0 Å². The normalized spacial score (nSPS) is 10.7. The molecule has 2 N–H and O–H groups in total. The number of para-hydroxylation sites is 2. The maximum Gasteiger partial charge on any atom is 0.0502 e. The minimum atomic E-state index is 0.990. The van der Waals surface area contributed by atoms with E-state index in [4.69, 9.17) is 0 Å². The van der Waals surface area contributed by atoms with Crippen LogP contribution in [-0.2, 0) is 0 Å². The Morgan fingerprint density at radius 2 is 0.600 bits per heavy atom. The van der Waals surface area contributed by atoms with Gasteiger partial charge in [-0.25, -0.2) is 0 Å². The van der Waals surface area contributed by atoms with Crippen molar-refractivity contribution in [2.45, 2.75) is 0 Å². The highest BCUT2D eigenvalue weighted by atomic mass is 15.1. The number of nitrogens with zero attached hydrogens (tertiary/aromatic N) is 1. The maximum absolute atomic E-state index is 3.62. The average Bonchev–Trinajstić information content (AvgIpc) is 3.11. The van der Waals surface area contributed by atoms with Gasteiger partial charge >= 0.3 is 0 Å². The summed E-state index contributed by atoms with van der Waals surface area (Å²) in [5, 5.41) is 7.25. The Morgan fingerprint density at radius 1 is 0.267 bits per heavy atom. The van der Waals surface area contributed by atoms with Gasteiger partial charge in [0.05, 0.1) is 5.69 Å². The summed E-state index contributed by atoms with van der Waals surface area (Å²) < 4.78 is 0. The number of benzene rings is 7. The van der Waals surface area contributed by atoms with Gasteiger partial charge in [-0.1, -0.05) is 121 Å². The third-order valence-electron chi connectivity index (χ3n) is 7.77. The van der Waals surface area contributed by atoms with Gasteiger partial charge < -0.3 is 15.5 Å². The topological polar surface area (TPSA) is 27.3 Å². The fraction of sp³-hybridized carbons (Fsp3) is 0. The Hall–Kier alpha value is -6.06. The molecule has 0 spiro atoms. The first-order valence-corrected chi connectivity index (χ1v) is 15.2. The number of rotatable bonds is 9. The van der Waals surface area contributed by atoms with Gasteiger partial charge in [-0.3, -0.25) is 0 Å². The van der Waals surface area contributed by atoms with Gasteiger partial charge in [-0.2, -0.15) is 0 Å². The number of hydrogen-bond acceptors (Lipinski definition) is 3. The van der Waals surface area contributed by atoms with Crippen LogP contribution < -0.4 is 15.5 Å². The highest BCUT2D eigenvalue weighted by Gasteiger charge is 2.16. The molecule has 0 radical (unpaired) electrons. The predicted octanol–water partition coefficient (Wildman–Crippen LogP) is 12.0. The molecule has 0 saturated heterocycles. The smallest absolute Gasteiger partial charge is 0.0502 e. The van der Waals surface area contributed by atoms with Gasteiger partial charge in [0.15, 0.2) is 0 Å². The zero-order valence-corrected chi connectivity index (χ0v) is 24.8. The first-order chi connectivity index (χ1) is 22.3. The second-order valence-corrected chi connectivity index (χ2v) is 10.9. The van der Waals surface area contributed by atoms with E-state index in [9.17, 15) is 0 Å². The molecule has 0 aliphatic carbocycles. The Labute approximate surface area is 265 Å². The summed E-state index contributed by atoms with van der Waals surface area (Å²) in [6.07, 6.45) is 0. The molecule has 0 amide bonds. The van der Waals surface area contributed by atoms with E-state index in [-0.39, 0.29) is 0 Å². The van der Waals surface area contributed by atoms with Crippen LogP contribution >= 0.6 is 0 Å². The zero-order chi connectivity index (χ0) is 30.3. The molecule has 216 valence electrons. The van der Waals surface area contributed by atoms with Crippen molar-refractivity contribution in [3.63, 3.8) is 0 Å². The van der Waals surface area contributed by atoms with Crippen molar-refractivity contribution in [2.75, 3.05) is 15.5 Å². The van der Waals surface area contributed by atoms with Crippen LogP contribution in [0.3, 0.4) is 0 Å². The first-order valence-electron chi connectivity index (χ1n) is 15.2. The van der Waals surface area contributed by atoms with Gasteiger partial charge in [0.1, 0.15) is 0 Å². The molecule has 7 aromatic carbocycles. The van der Waals surface area contributed by atoms with E-state index >= 15 is 0 Å². The van der Waals surface area contributed by atoms with E-state index in [1.54, 1.807) is 0 Å². The third kappa shape index (κ3) is 6.64. The largest absolute Gasteiger partial charge is 0.355 e. The number of nitrogens with one attached hydrogen (secondary N) is 2. The first kappa shape index (κ1) is 27.8. The molecular weight excluding hydrogens is 546 g/mol. The molecule has 3 heteroatoms. The molecule has 7 aromatic rings. The van der Waals surface area contributed by atoms with Crippen molar-refractivity contribution in [3.05, 3.63) is 188 Å². The van der Waals surface area contributed by atoms with E-state index in [1.165, 1.54) is 22.3 Å². The Bertz CT molecular complexity index is 1810. The summed E-state index contributed by atoms with van der Waals surface area (Å²) in [5.74, 6) is 0. The van der Waals surface area contributed by atoms with Crippen molar-refractivity contribution in [1.82, 2.24) is 0 Å². The van der Waals surface area contributed by atoms with Crippen LogP contribution in [0, 0.1) is 0 Å². The highest BCUT2D eigenvalue weighted by molar-refractivity contribution is 5.84. The molecule has 0 heterocycles. The fourth-order valence-corrected chi connectivity index (χ4v) is 5.58. The van der Waals surface area contributed by atoms with Crippen LogP contribution in [0.15, 0.2) is 188 Å². The van der Waals surface area contributed by atoms with Crippen molar-refractivity contribution < 1.29 is 0 Å². The van der Waals surface area contributed by atoms with Crippen molar-refractivity contribution in [1.29, 1.82) is 0 Å². The van der Waals surface area contributed by atoms with E-state index in [0.29, 0.717) is 0 Å². The summed E-state index contributed by atoms with van der Waals surface area (Å²) in [6, 6.07) is 65.8. The van der Waals surface area contributed by atoms with Gasteiger partial charge in [-0.15, -0.1) is 0 Å². The van der Waals surface area contributed by atoms with E-state index in [2.05, 4.69) is 167 Å². The molecule has 0 saturated carbocycles. The molecule has 0 fully saturated rings. The standard InChI is InChI=1S/C42H33N3/c1-5-13-32(14-6-1)34-21-25-40(26-22-34)45(41-27-23-35(24-28-41)33-15-7-2-8-16-33)42-30-38(43-36-17-9-3-10-18-36)29-39(31-42)44-37-19-11-4-12-20-37/h1-31,43-44H. The van der Waals surface area contributed by atoms with Crippen LogP contribution in [0.5, 0.6) is 0 Å². The molecule has 0 aliphatic rings. The molecule has 0 bridgehead atoms. The monoisotopic (exact) mass is 579 g/mol. The molecule has 7 rings (SSSR count). The molecule has 0 atom stereocenters. The summed E-state index contributed by atoms with van der Waals surface area (Å²) in [5.41, 5.74) is 12.0. The lowest BCUT2D eigenvalue weighted by molar-refractivity contribution is 1.28. The fourth-order valence-electron chi connectivity index (χ4n) is 5.58. The van der Waals surface area contributed by atoms with Crippen molar-refractivity contribution >= 4 is 39.8 Å². The summed E-state index contributed by atoms with van der Waals surface area (Å²) in [6.45, 7) is 0. The lowest BCUT2D eigenvalue weighted by Gasteiger charge is -2.27. The van der Waals surface area contributed by atoms with Crippen LogP contribution in [-0.4, -0.2) is 0 Å². The van der Waals surface area contributed by atoms with Crippen LogP contribution in [0.25, 0.3) is 22.3 Å². The van der Waals surface area contributed by atoms with Crippen molar-refractivity contribution in [3.8, 4) is 22.3 Å². The number of hydrogen-bond donors (Lipinski definition) is 2. The van der Waals surface area contributed by atoms with E-state index in [0.717, 1.165) is 39.8 Å². The van der Waals surface area contributed by atoms with Crippen LogP contribution in [0.1, 0.15) is 0 Å². The second kappa shape index (κ2) is 13.1. The summed E-state index contributed by atoms with van der Waals surface area (Å²) in [7, 11) is 0. The minimum absolute atomic E-state index is 0.990. The average molecular weight is 580 g/mol. The van der Waals surface area contributed by atoms with Crippen LogP contribution in [0.2, 0.25) is 0 Å². The third-order valence-corrected chi connectivity index (χ3v) is 7.77. The maximum atomic E-state index is 3.62. The lowest BCUT2D eigenvalue weighted by atomic mass is 10.0. The zero-order valence-electron chi connectivity index (χ0n) is 24.8. The second-order valence-electron chi connectivity index (χ2n) is 10.9. The molecular formula is C42H33N3. The molecule has 0 aromatic heterocycles. The highest BCUT2D eigenvalue weighted by Crippen LogP contribution is 2.40. The van der Waals surface area contributed by atoms with Gasteiger partial charge in [0.25, 0.3) is 0 Å². The van der Waals surface area contributed by atoms with Crippen LogP contribution in [0.4, 0.5) is 39.8 Å².